The van der Waals surface area contributed by atoms with Crippen molar-refractivity contribution >= 4 is 5.91 Å². The molecular weight excluding hydrogens is 190 g/mol. The zero-order chi connectivity index (χ0) is 11.4. The third-order valence-electron chi connectivity index (χ3n) is 3.02. The molecule has 0 aromatic heterocycles. The first-order chi connectivity index (χ1) is 7.06. The molecule has 1 amide bonds. The number of nitriles is 1. The summed E-state index contributed by atoms with van der Waals surface area (Å²) in [4.78, 5) is 15.5. The summed E-state index contributed by atoms with van der Waals surface area (Å²) in [5.74, 6) is 0.104. The highest BCUT2D eigenvalue weighted by Gasteiger charge is 2.27. The normalized spacial score (nSPS) is 21.7. The zero-order valence-electron chi connectivity index (χ0n) is 9.73. The van der Waals surface area contributed by atoms with Crippen molar-refractivity contribution < 1.29 is 4.79 Å². The van der Waals surface area contributed by atoms with Crippen LogP contribution in [0.4, 0.5) is 0 Å². The third-order valence-corrected chi connectivity index (χ3v) is 3.02. The first-order valence-corrected chi connectivity index (χ1v) is 5.45. The van der Waals surface area contributed by atoms with Gasteiger partial charge in [0.25, 0.3) is 0 Å². The predicted octanol–water partition coefficient (Wildman–Crippen LogP) is 0.841. The molecule has 1 aliphatic heterocycles. The highest BCUT2D eigenvalue weighted by molar-refractivity contribution is 5.78. The quantitative estimate of drug-likeness (QED) is 0.692. The van der Waals surface area contributed by atoms with Crippen molar-refractivity contribution in [3.63, 3.8) is 0 Å². The molecule has 0 saturated carbocycles. The van der Waals surface area contributed by atoms with Crippen molar-refractivity contribution in [3.8, 4) is 6.07 Å². The van der Waals surface area contributed by atoms with Crippen LogP contribution < -0.4 is 0 Å². The molecule has 0 N–H and O–H groups in total. The Morgan fingerprint density at radius 2 is 2.33 bits per heavy atom. The van der Waals surface area contributed by atoms with Crippen LogP contribution in [-0.2, 0) is 4.79 Å². The second-order valence-electron chi connectivity index (χ2n) is 4.36. The standard InChI is InChI=1S/C11H19N3O/c1-9(2)13(3)11(15)8-14-6-4-5-10(14)7-12/h9-10H,4-6,8H2,1-3H3. The lowest BCUT2D eigenvalue weighted by Crippen LogP contribution is -2.42. The van der Waals surface area contributed by atoms with E-state index in [1.165, 1.54) is 0 Å². The number of amides is 1. The molecular formula is C11H19N3O. The minimum atomic E-state index is -0.0606. The molecule has 1 atom stereocenters. The lowest BCUT2D eigenvalue weighted by molar-refractivity contribution is -0.132. The monoisotopic (exact) mass is 209 g/mol. The van der Waals surface area contributed by atoms with Crippen LogP contribution in [0.25, 0.3) is 0 Å². The number of likely N-dealkylation sites (tertiary alicyclic amines) is 1. The van der Waals surface area contributed by atoms with Crippen LogP contribution in [0.15, 0.2) is 0 Å². The maximum atomic E-state index is 11.8. The molecule has 1 rings (SSSR count). The molecule has 4 heteroatoms. The van der Waals surface area contributed by atoms with Gasteiger partial charge < -0.3 is 4.90 Å². The summed E-state index contributed by atoms with van der Waals surface area (Å²) in [7, 11) is 1.81. The van der Waals surface area contributed by atoms with Gasteiger partial charge in [0.05, 0.1) is 18.7 Å². The average Bonchev–Trinajstić information content (AvgIpc) is 2.63. The van der Waals surface area contributed by atoms with Gasteiger partial charge in [-0.15, -0.1) is 0 Å². The Balaban J connectivity index is 2.48. The van der Waals surface area contributed by atoms with E-state index in [2.05, 4.69) is 6.07 Å². The van der Waals surface area contributed by atoms with Crippen LogP contribution in [0.3, 0.4) is 0 Å². The molecule has 84 valence electrons. The predicted molar refractivity (Wildman–Crippen MR) is 58.1 cm³/mol. The number of hydrogen-bond acceptors (Lipinski definition) is 3. The van der Waals surface area contributed by atoms with Crippen molar-refractivity contribution in [2.45, 2.75) is 38.8 Å². The van der Waals surface area contributed by atoms with Gasteiger partial charge in [0.1, 0.15) is 0 Å². The van der Waals surface area contributed by atoms with E-state index in [-0.39, 0.29) is 18.0 Å². The van der Waals surface area contributed by atoms with Crippen molar-refractivity contribution in [1.29, 1.82) is 5.26 Å². The van der Waals surface area contributed by atoms with Crippen molar-refractivity contribution in [2.75, 3.05) is 20.1 Å². The molecule has 0 aliphatic carbocycles. The van der Waals surface area contributed by atoms with Crippen LogP contribution in [0.2, 0.25) is 0 Å². The number of likely N-dealkylation sites (N-methyl/N-ethyl adjacent to an activating group) is 1. The fourth-order valence-electron chi connectivity index (χ4n) is 1.73. The minimum absolute atomic E-state index is 0.0606. The first kappa shape index (κ1) is 12.0. The molecule has 1 unspecified atom stereocenters. The van der Waals surface area contributed by atoms with Gasteiger partial charge in [0.15, 0.2) is 0 Å². The fourth-order valence-corrected chi connectivity index (χ4v) is 1.73. The minimum Gasteiger partial charge on any atom is -0.342 e. The van der Waals surface area contributed by atoms with Crippen LogP contribution in [0.1, 0.15) is 26.7 Å². The highest BCUT2D eigenvalue weighted by atomic mass is 16.2. The van der Waals surface area contributed by atoms with E-state index >= 15 is 0 Å². The van der Waals surface area contributed by atoms with Gasteiger partial charge in [-0.25, -0.2) is 0 Å². The molecule has 4 nitrogen and oxygen atoms in total. The van der Waals surface area contributed by atoms with Gasteiger partial charge in [-0.05, 0) is 26.7 Å². The molecule has 1 heterocycles. The molecule has 0 aromatic rings. The second-order valence-corrected chi connectivity index (χ2v) is 4.36. The molecule has 1 saturated heterocycles. The van der Waals surface area contributed by atoms with Crippen molar-refractivity contribution in [2.24, 2.45) is 0 Å². The number of nitrogens with zero attached hydrogens (tertiary/aromatic N) is 3. The van der Waals surface area contributed by atoms with Gasteiger partial charge >= 0.3 is 0 Å². The maximum Gasteiger partial charge on any atom is 0.236 e. The lowest BCUT2D eigenvalue weighted by Gasteiger charge is -2.25. The topological polar surface area (TPSA) is 47.3 Å². The number of carbonyl (C=O) groups excluding carboxylic acids is 1. The van der Waals surface area contributed by atoms with E-state index in [0.717, 1.165) is 19.4 Å². The molecule has 0 aromatic carbocycles. The largest absolute Gasteiger partial charge is 0.342 e. The molecule has 0 bridgehead atoms. The fraction of sp³-hybridized carbons (Fsp3) is 0.818. The smallest absolute Gasteiger partial charge is 0.236 e. The Kier molecular flexibility index (Phi) is 4.10. The summed E-state index contributed by atoms with van der Waals surface area (Å²) in [6, 6.07) is 2.40. The van der Waals surface area contributed by atoms with E-state index in [9.17, 15) is 4.79 Å². The Morgan fingerprint density at radius 3 is 2.87 bits per heavy atom. The Labute approximate surface area is 91.5 Å². The van der Waals surface area contributed by atoms with E-state index in [4.69, 9.17) is 5.26 Å². The Bertz CT molecular complexity index is 269. The summed E-state index contributed by atoms with van der Waals surface area (Å²) in [6.07, 6.45) is 1.92. The van der Waals surface area contributed by atoms with Crippen LogP contribution >= 0.6 is 0 Å². The summed E-state index contributed by atoms with van der Waals surface area (Å²) in [5.41, 5.74) is 0. The summed E-state index contributed by atoms with van der Waals surface area (Å²) < 4.78 is 0. The maximum absolute atomic E-state index is 11.8. The van der Waals surface area contributed by atoms with Crippen molar-refractivity contribution in [1.82, 2.24) is 9.80 Å². The summed E-state index contributed by atoms with van der Waals surface area (Å²) in [5, 5.41) is 8.88. The molecule has 0 spiro atoms. The van der Waals surface area contributed by atoms with E-state index < -0.39 is 0 Å². The lowest BCUT2D eigenvalue weighted by atomic mass is 10.2. The van der Waals surface area contributed by atoms with E-state index in [0.29, 0.717) is 6.54 Å². The second kappa shape index (κ2) is 5.13. The van der Waals surface area contributed by atoms with Crippen LogP contribution in [0.5, 0.6) is 0 Å². The molecule has 1 aliphatic rings. The van der Waals surface area contributed by atoms with Crippen LogP contribution in [0, 0.1) is 11.3 Å². The van der Waals surface area contributed by atoms with E-state index in [1.807, 2.05) is 25.8 Å². The summed E-state index contributed by atoms with van der Waals surface area (Å²) in [6.45, 7) is 5.23. The van der Waals surface area contributed by atoms with Crippen molar-refractivity contribution in [3.05, 3.63) is 0 Å². The Morgan fingerprint density at radius 1 is 1.67 bits per heavy atom. The van der Waals surface area contributed by atoms with Gasteiger partial charge in [-0.1, -0.05) is 0 Å². The SMILES string of the molecule is CC(C)N(C)C(=O)CN1CCCC1C#N. The molecule has 1 fully saturated rings. The van der Waals surface area contributed by atoms with E-state index in [1.54, 1.807) is 4.90 Å². The van der Waals surface area contributed by atoms with Gasteiger partial charge in [-0.3, -0.25) is 9.69 Å². The first-order valence-electron chi connectivity index (χ1n) is 5.45. The zero-order valence-corrected chi connectivity index (χ0v) is 9.73. The Hall–Kier alpha value is -1.08. The third kappa shape index (κ3) is 2.93. The highest BCUT2D eigenvalue weighted by Crippen LogP contribution is 2.16. The van der Waals surface area contributed by atoms with Crippen LogP contribution in [-0.4, -0.2) is 47.9 Å². The van der Waals surface area contributed by atoms with Gasteiger partial charge in [0, 0.05) is 19.6 Å². The summed E-state index contributed by atoms with van der Waals surface area (Å²) >= 11 is 0. The molecule has 0 radical (unpaired) electrons. The van der Waals surface area contributed by atoms with Gasteiger partial charge in [-0.2, -0.15) is 5.26 Å². The average molecular weight is 209 g/mol. The molecule has 15 heavy (non-hydrogen) atoms. The number of hydrogen-bond donors (Lipinski definition) is 0. The number of rotatable bonds is 3. The van der Waals surface area contributed by atoms with Gasteiger partial charge in [0.2, 0.25) is 5.91 Å². The number of carbonyl (C=O) groups is 1.